The summed E-state index contributed by atoms with van der Waals surface area (Å²) in [7, 11) is 0. The summed E-state index contributed by atoms with van der Waals surface area (Å²) in [6.45, 7) is 0. The van der Waals surface area contributed by atoms with Gasteiger partial charge in [-0.3, -0.25) is 0 Å². The topological polar surface area (TPSA) is 33.6 Å². The van der Waals surface area contributed by atoms with Gasteiger partial charge in [-0.1, -0.05) is 41.9 Å². The number of rotatable bonds is 1. The summed E-state index contributed by atoms with van der Waals surface area (Å²) in [5.74, 6) is 0. The van der Waals surface area contributed by atoms with Crippen LogP contribution in [-0.2, 0) is 0 Å². The number of hydrogen-bond donors (Lipinski definition) is 1. The van der Waals surface area contributed by atoms with Crippen LogP contribution in [0.4, 0.5) is 0 Å². The summed E-state index contributed by atoms with van der Waals surface area (Å²) in [6.07, 6.45) is 1.92. The molecular formula is C19H12ClN3. The number of H-pyrrole nitrogens is 1. The van der Waals surface area contributed by atoms with Gasteiger partial charge in [0, 0.05) is 26.7 Å². The lowest BCUT2D eigenvalue weighted by molar-refractivity contribution is 0.911. The Morgan fingerprint density at radius 2 is 1.70 bits per heavy atom. The van der Waals surface area contributed by atoms with Crippen LogP contribution in [0.2, 0.25) is 5.02 Å². The molecule has 0 aliphatic carbocycles. The largest absolute Gasteiger partial charge is 0.354 e. The van der Waals surface area contributed by atoms with Gasteiger partial charge in [0.05, 0.1) is 22.9 Å². The van der Waals surface area contributed by atoms with Crippen molar-refractivity contribution in [1.82, 2.24) is 14.8 Å². The van der Waals surface area contributed by atoms with Gasteiger partial charge in [0.1, 0.15) is 0 Å². The molecule has 0 aliphatic heterocycles. The fraction of sp³-hybridized carbons (Fsp3) is 0. The summed E-state index contributed by atoms with van der Waals surface area (Å²) in [6, 6.07) is 20.4. The predicted molar refractivity (Wildman–Crippen MR) is 95.4 cm³/mol. The van der Waals surface area contributed by atoms with Gasteiger partial charge in [0.25, 0.3) is 0 Å². The van der Waals surface area contributed by atoms with Crippen LogP contribution in [0.3, 0.4) is 0 Å². The Bertz CT molecular complexity index is 1170. The molecule has 0 saturated carbocycles. The summed E-state index contributed by atoms with van der Waals surface area (Å²) >= 11 is 6.11. The summed E-state index contributed by atoms with van der Waals surface area (Å²) < 4.78 is 1.97. The molecule has 5 rings (SSSR count). The van der Waals surface area contributed by atoms with E-state index in [4.69, 9.17) is 11.6 Å². The van der Waals surface area contributed by atoms with Crippen molar-refractivity contribution in [2.75, 3.05) is 0 Å². The molecule has 3 aromatic carbocycles. The molecule has 4 heteroatoms. The Kier molecular flexibility index (Phi) is 2.55. The van der Waals surface area contributed by atoms with E-state index >= 15 is 0 Å². The molecule has 0 spiro atoms. The second-order valence-electron chi connectivity index (χ2n) is 5.63. The molecule has 0 bridgehead atoms. The maximum absolute atomic E-state index is 6.11. The van der Waals surface area contributed by atoms with Crippen LogP contribution in [0.25, 0.3) is 38.4 Å². The van der Waals surface area contributed by atoms with E-state index in [1.54, 1.807) is 0 Å². The molecule has 2 heterocycles. The van der Waals surface area contributed by atoms with E-state index in [9.17, 15) is 0 Å². The normalized spacial score (nSPS) is 11.7. The molecule has 0 saturated heterocycles. The number of nitrogens with zero attached hydrogens (tertiary/aromatic N) is 2. The third-order valence-corrected chi connectivity index (χ3v) is 4.52. The van der Waals surface area contributed by atoms with Crippen LogP contribution in [-0.4, -0.2) is 14.8 Å². The Hall–Kier alpha value is -2.78. The number of halogens is 1. The lowest BCUT2D eigenvalue weighted by Gasteiger charge is -2.03. The standard InChI is InChI=1S/C19H12ClN3/c20-12-6-7-14-15-8-9-18-16(19(15)22-17(14)10-12)11-21-23(18)13-4-2-1-3-5-13/h1-11,22H. The molecule has 0 amide bonds. The number of fused-ring (bicyclic) bond motifs is 5. The van der Waals surface area contributed by atoms with Crippen molar-refractivity contribution < 1.29 is 0 Å². The zero-order chi connectivity index (χ0) is 15.4. The van der Waals surface area contributed by atoms with Crippen molar-refractivity contribution >= 4 is 44.3 Å². The monoisotopic (exact) mass is 317 g/mol. The first-order valence-electron chi connectivity index (χ1n) is 7.44. The number of aromatic amines is 1. The average molecular weight is 318 g/mol. The Morgan fingerprint density at radius 1 is 0.870 bits per heavy atom. The molecule has 3 nitrogen and oxygen atoms in total. The van der Waals surface area contributed by atoms with Crippen molar-refractivity contribution in [3.05, 3.63) is 71.9 Å². The van der Waals surface area contributed by atoms with Crippen molar-refractivity contribution in [3.8, 4) is 5.69 Å². The minimum absolute atomic E-state index is 0.736. The molecule has 0 fully saturated rings. The Balaban J connectivity index is 1.87. The van der Waals surface area contributed by atoms with Crippen LogP contribution in [0.1, 0.15) is 0 Å². The van der Waals surface area contributed by atoms with Gasteiger partial charge in [0.15, 0.2) is 0 Å². The lowest BCUT2D eigenvalue weighted by atomic mass is 10.1. The molecule has 23 heavy (non-hydrogen) atoms. The van der Waals surface area contributed by atoms with Gasteiger partial charge >= 0.3 is 0 Å². The second kappa shape index (κ2) is 4.61. The van der Waals surface area contributed by atoms with E-state index in [0.717, 1.165) is 32.6 Å². The first kappa shape index (κ1) is 12.7. The van der Waals surface area contributed by atoms with Crippen LogP contribution in [0.15, 0.2) is 66.9 Å². The summed E-state index contributed by atoms with van der Waals surface area (Å²) in [4.78, 5) is 3.49. The smallest absolute Gasteiger partial charge is 0.0762 e. The molecule has 0 aliphatic rings. The molecule has 5 aromatic rings. The SMILES string of the molecule is Clc1ccc2c(c1)[nH]c1c2ccc2c1cnn2-c1ccccc1. The molecule has 2 aromatic heterocycles. The van der Waals surface area contributed by atoms with Crippen LogP contribution >= 0.6 is 11.6 Å². The molecule has 110 valence electrons. The Labute approximate surface area is 137 Å². The van der Waals surface area contributed by atoms with E-state index in [0.29, 0.717) is 0 Å². The lowest BCUT2D eigenvalue weighted by Crippen LogP contribution is -1.94. The number of benzene rings is 3. The fourth-order valence-corrected chi connectivity index (χ4v) is 3.40. The zero-order valence-electron chi connectivity index (χ0n) is 12.1. The van der Waals surface area contributed by atoms with Gasteiger partial charge in [0.2, 0.25) is 0 Å². The third-order valence-electron chi connectivity index (χ3n) is 4.29. The third kappa shape index (κ3) is 1.80. The van der Waals surface area contributed by atoms with Gasteiger partial charge < -0.3 is 4.98 Å². The van der Waals surface area contributed by atoms with Crippen LogP contribution in [0, 0.1) is 0 Å². The van der Waals surface area contributed by atoms with Gasteiger partial charge in [-0.15, -0.1) is 0 Å². The molecule has 0 atom stereocenters. The number of aromatic nitrogens is 3. The fourth-order valence-electron chi connectivity index (χ4n) is 3.23. The van der Waals surface area contributed by atoms with Crippen LogP contribution in [0.5, 0.6) is 0 Å². The quantitative estimate of drug-likeness (QED) is 0.446. The second-order valence-corrected chi connectivity index (χ2v) is 6.06. The summed E-state index contributed by atoms with van der Waals surface area (Å²) in [5, 5.41) is 8.79. The minimum atomic E-state index is 0.736. The van der Waals surface area contributed by atoms with Crippen molar-refractivity contribution in [2.24, 2.45) is 0 Å². The zero-order valence-corrected chi connectivity index (χ0v) is 12.9. The first-order valence-corrected chi connectivity index (χ1v) is 7.82. The minimum Gasteiger partial charge on any atom is -0.354 e. The molecule has 0 unspecified atom stereocenters. The van der Waals surface area contributed by atoms with E-state index in [-0.39, 0.29) is 0 Å². The van der Waals surface area contributed by atoms with Gasteiger partial charge in [-0.2, -0.15) is 5.10 Å². The maximum atomic E-state index is 6.11. The van der Waals surface area contributed by atoms with Crippen molar-refractivity contribution in [3.63, 3.8) is 0 Å². The van der Waals surface area contributed by atoms with Gasteiger partial charge in [-0.25, -0.2) is 4.68 Å². The van der Waals surface area contributed by atoms with E-state index < -0.39 is 0 Å². The maximum Gasteiger partial charge on any atom is 0.0762 e. The predicted octanol–water partition coefficient (Wildman–Crippen LogP) is 5.31. The highest BCUT2D eigenvalue weighted by atomic mass is 35.5. The summed E-state index contributed by atoms with van der Waals surface area (Å²) in [5.41, 5.74) is 4.29. The van der Waals surface area contributed by atoms with Crippen molar-refractivity contribution in [1.29, 1.82) is 0 Å². The van der Waals surface area contributed by atoms with E-state index in [2.05, 4.69) is 40.4 Å². The molecule has 0 radical (unpaired) electrons. The molecular weight excluding hydrogens is 306 g/mol. The number of nitrogens with one attached hydrogen (secondary N) is 1. The first-order chi connectivity index (χ1) is 11.3. The molecule has 1 N–H and O–H groups in total. The highest BCUT2D eigenvalue weighted by Gasteiger charge is 2.12. The Morgan fingerprint density at radius 3 is 2.57 bits per heavy atom. The van der Waals surface area contributed by atoms with E-state index in [1.165, 1.54) is 10.8 Å². The van der Waals surface area contributed by atoms with E-state index in [1.807, 2.05) is 41.2 Å². The average Bonchev–Trinajstić information content (AvgIpc) is 3.15. The van der Waals surface area contributed by atoms with Crippen molar-refractivity contribution in [2.45, 2.75) is 0 Å². The highest BCUT2D eigenvalue weighted by Crippen LogP contribution is 2.32. The van der Waals surface area contributed by atoms with Gasteiger partial charge in [-0.05, 0) is 30.3 Å². The highest BCUT2D eigenvalue weighted by molar-refractivity contribution is 6.31. The number of para-hydroxylation sites is 1. The number of hydrogen-bond acceptors (Lipinski definition) is 1. The van der Waals surface area contributed by atoms with Crippen LogP contribution < -0.4 is 0 Å².